The van der Waals surface area contributed by atoms with E-state index >= 15 is 0 Å². The standard InChI is InChI=1S/C21H22ClNO3S/c1-2-3-4-7-14-26-21-9-6-5-8-17(21)15-20(16-23)27(24,25)19-12-10-18(22)11-13-19/h5-6,8-13,15H,2-4,7,14H2,1H3. The summed E-state index contributed by atoms with van der Waals surface area (Å²) in [5.41, 5.74) is 0.557. The van der Waals surface area contributed by atoms with Gasteiger partial charge in [-0.1, -0.05) is 56.0 Å². The molecule has 142 valence electrons. The van der Waals surface area contributed by atoms with E-state index in [4.69, 9.17) is 16.3 Å². The zero-order valence-electron chi connectivity index (χ0n) is 15.2. The van der Waals surface area contributed by atoms with Gasteiger partial charge in [-0.3, -0.25) is 0 Å². The second-order valence-electron chi connectivity index (χ2n) is 6.02. The van der Waals surface area contributed by atoms with Crippen molar-refractivity contribution >= 4 is 27.5 Å². The predicted octanol–water partition coefficient (Wildman–Crippen LogP) is 5.64. The number of unbranched alkanes of at least 4 members (excludes halogenated alkanes) is 3. The lowest BCUT2D eigenvalue weighted by molar-refractivity contribution is 0.304. The molecule has 0 atom stereocenters. The summed E-state index contributed by atoms with van der Waals surface area (Å²) in [5, 5.41) is 9.87. The fourth-order valence-corrected chi connectivity index (χ4v) is 3.77. The van der Waals surface area contributed by atoms with Crippen LogP contribution in [-0.2, 0) is 9.84 Å². The van der Waals surface area contributed by atoms with Crippen LogP contribution in [0.25, 0.3) is 6.08 Å². The molecule has 0 N–H and O–H groups in total. The number of hydrogen-bond donors (Lipinski definition) is 0. The molecular formula is C21H22ClNO3S. The first-order valence-electron chi connectivity index (χ1n) is 8.83. The van der Waals surface area contributed by atoms with Gasteiger partial charge in [-0.15, -0.1) is 0 Å². The highest BCUT2D eigenvalue weighted by Gasteiger charge is 2.21. The maximum absolute atomic E-state index is 12.7. The third-order valence-electron chi connectivity index (χ3n) is 3.98. The molecular weight excluding hydrogens is 382 g/mol. The molecule has 0 aliphatic carbocycles. The highest BCUT2D eigenvalue weighted by atomic mass is 35.5. The van der Waals surface area contributed by atoms with Crippen LogP contribution in [0.4, 0.5) is 0 Å². The van der Waals surface area contributed by atoms with Crippen LogP contribution in [0.3, 0.4) is 0 Å². The number of rotatable bonds is 9. The van der Waals surface area contributed by atoms with Crippen LogP contribution in [-0.4, -0.2) is 15.0 Å². The van der Waals surface area contributed by atoms with E-state index in [1.165, 1.54) is 30.3 Å². The zero-order valence-corrected chi connectivity index (χ0v) is 16.8. The lowest BCUT2D eigenvalue weighted by atomic mass is 10.2. The van der Waals surface area contributed by atoms with Crippen LogP contribution in [0.1, 0.15) is 38.2 Å². The Hall–Kier alpha value is -2.29. The molecule has 0 bridgehead atoms. The highest BCUT2D eigenvalue weighted by Crippen LogP contribution is 2.26. The zero-order chi connectivity index (χ0) is 19.7. The van der Waals surface area contributed by atoms with E-state index in [-0.39, 0.29) is 9.80 Å². The summed E-state index contributed by atoms with van der Waals surface area (Å²) in [6.45, 7) is 2.70. The van der Waals surface area contributed by atoms with Crippen LogP contribution < -0.4 is 4.74 Å². The average Bonchev–Trinajstić information content (AvgIpc) is 2.67. The van der Waals surface area contributed by atoms with Crippen LogP contribution in [0.2, 0.25) is 5.02 Å². The fourth-order valence-electron chi connectivity index (χ4n) is 2.49. The first-order valence-corrected chi connectivity index (χ1v) is 10.7. The Kier molecular flexibility index (Phi) is 7.90. The summed E-state index contributed by atoms with van der Waals surface area (Å²) in [5.74, 6) is 0.563. The largest absolute Gasteiger partial charge is 0.493 e. The van der Waals surface area contributed by atoms with Crippen molar-refractivity contribution in [2.75, 3.05) is 6.61 Å². The molecule has 0 saturated carbocycles. The van der Waals surface area contributed by atoms with Gasteiger partial charge in [-0.05, 0) is 42.8 Å². The van der Waals surface area contributed by atoms with Gasteiger partial charge in [0.15, 0.2) is 0 Å². The van der Waals surface area contributed by atoms with Gasteiger partial charge in [-0.25, -0.2) is 8.42 Å². The molecule has 2 aromatic carbocycles. The normalized spacial score (nSPS) is 11.8. The maximum Gasteiger partial charge on any atom is 0.216 e. The number of hydrogen-bond acceptors (Lipinski definition) is 4. The number of nitriles is 1. The molecule has 2 rings (SSSR count). The molecule has 6 heteroatoms. The molecule has 0 amide bonds. The molecule has 0 aliphatic heterocycles. The van der Waals surface area contributed by atoms with Gasteiger partial charge in [0.2, 0.25) is 9.84 Å². The molecule has 0 radical (unpaired) electrons. The minimum absolute atomic E-state index is 0.0256. The molecule has 0 heterocycles. The summed E-state index contributed by atoms with van der Waals surface area (Å²) in [4.78, 5) is -0.315. The monoisotopic (exact) mass is 403 g/mol. The van der Waals surface area contributed by atoms with Crippen LogP contribution >= 0.6 is 11.6 Å². The Balaban J connectivity index is 2.27. The number of para-hydroxylation sites is 1. The van der Waals surface area contributed by atoms with Gasteiger partial charge in [0.25, 0.3) is 0 Å². The highest BCUT2D eigenvalue weighted by molar-refractivity contribution is 7.95. The Labute approximate surface area is 166 Å². The third-order valence-corrected chi connectivity index (χ3v) is 5.92. The Bertz CT molecular complexity index is 929. The van der Waals surface area contributed by atoms with Gasteiger partial charge < -0.3 is 4.74 Å². The van der Waals surface area contributed by atoms with Crippen molar-refractivity contribution in [3.63, 3.8) is 0 Å². The first kappa shape index (κ1) is 21.0. The quantitative estimate of drug-likeness (QED) is 0.401. The number of sulfone groups is 1. The molecule has 0 aromatic heterocycles. The van der Waals surface area contributed by atoms with Crippen LogP contribution in [0.5, 0.6) is 5.75 Å². The van der Waals surface area contributed by atoms with Gasteiger partial charge in [0.1, 0.15) is 16.7 Å². The van der Waals surface area contributed by atoms with Crippen molar-refractivity contribution in [1.29, 1.82) is 5.26 Å². The smallest absolute Gasteiger partial charge is 0.216 e. The lowest BCUT2D eigenvalue weighted by Gasteiger charge is -2.10. The SMILES string of the molecule is CCCCCCOc1ccccc1C=C(C#N)S(=O)(=O)c1ccc(Cl)cc1. The Morgan fingerprint density at radius 3 is 2.48 bits per heavy atom. The van der Waals surface area contributed by atoms with E-state index in [1.807, 2.05) is 6.07 Å². The summed E-state index contributed by atoms with van der Waals surface area (Å²) in [6.07, 6.45) is 5.67. The molecule has 0 spiro atoms. The second kappa shape index (κ2) is 10.1. The van der Waals surface area contributed by atoms with Crippen LogP contribution in [0.15, 0.2) is 58.3 Å². The maximum atomic E-state index is 12.7. The van der Waals surface area contributed by atoms with Gasteiger partial charge in [-0.2, -0.15) is 5.26 Å². The lowest BCUT2D eigenvalue weighted by Crippen LogP contribution is -2.04. The average molecular weight is 404 g/mol. The summed E-state index contributed by atoms with van der Waals surface area (Å²) in [6, 6.07) is 14.6. The first-order chi connectivity index (χ1) is 13.0. The summed E-state index contributed by atoms with van der Waals surface area (Å²) in [7, 11) is -3.93. The number of benzene rings is 2. The molecule has 0 unspecified atom stereocenters. The minimum atomic E-state index is -3.93. The van der Waals surface area contributed by atoms with E-state index in [1.54, 1.807) is 24.3 Å². The van der Waals surface area contributed by atoms with Gasteiger partial charge >= 0.3 is 0 Å². The van der Waals surface area contributed by atoms with Crippen molar-refractivity contribution in [1.82, 2.24) is 0 Å². The van der Waals surface area contributed by atoms with Crippen molar-refractivity contribution in [3.05, 3.63) is 64.0 Å². The van der Waals surface area contributed by atoms with Crippen molar-refractivity contribution in [3.8, 4) is 11.8 Å². The van der Waals surface area contributed by atoms with Crippen LogP contribution in [0, 0.1) is 11.3 Å². The number of ether oxygens (including phenoxy) is 1. The van der Waals surface area contributed by atoms with E-state index < -0.39 is 9.84 Å². The molecule has 0 fully saturated rings. The Morgan fingerprint density at radius 1 is 1.11 bits per heavy atom. The number of allylic oxidation sites excluding steroid dienone is 1. The predicted molar refractivity (Wildman–Crippen MR) is 108 cm³/mol. The topological polar surface area (TPSA) is 67.2 Å². The van der Waals surface area contributed by atoms with E-state index in [2.05, 4.69) is 6.92 Å². The van der Waals surface area contributed by atoms with Gasteiger partial charge in [0.05, 0.1) is 11.5 Å². The van der Waals surface area contributed by atoms with E-state index in [0.717, 1.165) is 25.7 Å². The van der Waals surface area contributed by atoms with Crippen molar-refractivity contribution < 1.29 is 13.2 Å². The molecule has 2 aromatic rings. The number of nitrogens with zero attached hydrogens (tertiary/aromatic N) is 1. The molecule has 0 saturated heterocycles. The third kappa shape index (κ3) is 5.85. The summed E-state index contributed by atoms with van der Waals surface area (Å²) >= 11 is 5.81. The van der Waals surface area contributed by atoms with E-state index in [9.17, 15) is 13.7 Å². The molecule has 27 heavy (non-hydrogen) atoms. The molecule has 0 aliphatic rings. The Morgan fingerprint density at radius 2 is 1.81 bits per heavy atom. The molecule has 4 nitrogen and oxygen atoms in total. The summed E-state index contributed by atoms with van der Waals surface area (Å²) < 4.78 is 31.3. The van der Waals surface area contributed by atoms with Crippen molar-refractivity contribution in [2.45, 2.75) is 37.5 Å². The minimum Gasteiger partial charge on any atom is -0.493 e. The fraction of sp³-hybridized carbons (Fsp3) is 0.286. The van der Waals surface area contributed by atoms with E-state index in [0.29, 0.717) is 22.9 Å². The number of halogens is 1. The van der Waals surface area contributed by atoms with Crippen molar-refractivity contribution in [2.24, 2.45) is 0 Å². The second-order valence-corrected chi connectivity index (χ2v) is 8.38. The van der Waals surface area contributed by atoms with Gasteiger partial charge in [0, 0.05) is 10.6 Å².